The van der Waals surface area contributed by atoms with Gasteiger partial charge >= 0.3 is 0 Å². The molecule has 2 aromatic rings. The molecule has 112 valence electrons. The number of hydrogen-bond donors (Lipinski definition) is 1. The van der Waals surface area contributed by atoms with Crippen LogP contribution < -0.4 is 9.47 Å². The Bertz CT molecular complexity index is 633. The Morgan fingerprint density at radius 2 is 1.62 bits per heavy atom. The van der Waals surface area contributed by atoms with E-state index in [4.69, 9.17) is 9.47 Å². The number of methoxy groups -OCH3 is 2. The van der Waals surface area contributed by atoms with Gasteiger partial charge in [0, 0.05) is 5.56 Å². The summed E-state index contributed by atoms with van der Waals surface area (Å²) in [7, 11) is 3.17. The van der Waals surface area contributed by atoms with Crippen molar-refractivity contribution < 1.29 is 14.6 Å². The Kier molecular flexibility index (Phi) is 4.59. The van der Waals surface area contributed by atoms with Crippen LogP contribution >= 0.6 is 15.9 Å². The van der Waals surface area contributed by atoms with Gasteiger partial charge in [0.2, 0.25) is 0 Å². The van der Waals surface area contributed by atoms with Crippen LogP contribution in [-0.4, -0.2) is 19.3 Å². The third kappa shape index (κ3) is 2.92. The molecule has 4 heteroatoms. The first-order chi connectivity index (χ1) is 9.91. The molecule has 0 aliphatic rings. The lowest BCUT2D eigenvalue weighted by atomic mass is 9.87. The average molecular weight is 351 g/mol. The zero-order chi connectivity index (χ0) is 15.6. The van der Waals surface area contributed by atoms with Crippen LogP contribution in [0.15, 0.2) is 40.9 Å². The van der Waals surface area contributed by atoms with Gasteiger partial charge in [-0.25, -0.2) is 0 Å². The van der Waals surface area contributed by atoms with E-state index in [9.17, 15) is 5.11 Å². The molecule has 1 atom stereocenters. The van der Waals surface area contributed by atoms with Crippen molar-refractivity contribution in [1.82, 2.24) is 0 Å². The Labute approximate surface area is 133 Å². The third-order valence-corrected chi connectivity index (χ3v) is 4.37. The number of benzene rings is 2. The molecule has 0 aromatic heterocycles. The minimum atomic E-state index is -1.16. The average Bonchev–Trinajstić information content (AvgIpc) is 2.47. The quantitative estimate of drug-likeness (QED) is 0.904. The maximum atomic E-state index is 11.0. The van der Waals surface area contributed by atoms with Gasteiger partial charge in [-0.05, 0) is 47.5 Å². The van der Waals surface area contributed by atoms with Crippen LogP contribution in [0.5, 0.6) is 11.5 Å². The largest absolute Gasteiger partial charge is 0.495 e. The molecule has 0 fully saturated rings. The Balaban J connectivity index is 2.59. The van der Waals surface area contributed by atoms with Gasteiger partial charge in [-0.3, -0.25) is 0 Å². The Morgan fingerprint density at radius 3 is 2.14 bits per heavy atom. The van der Waals surface area contributed by atoms with Crippen molar-refractivity contribution >= 4 is 15.9 Å². The normalized spacial score (nSPS) is 13.6. The van der Waals surface area contributed by atoms with Gasteiger partial charge in [-0.15, -0.1) is 0 Å². The highest BCUT2D eigenvalue weighted by Gasteiger charge is 2.31. The number of rotatable bonds is 4. The van der Waals surface area contributed by atoms with Crippen LogP contribution in [0.1, 0.15) is 23.6 Å². The first kappa shape index (κ1) is 15.9. The van der Waals surface area contributed by atoms with E-state index in [0.29, 0.717) is 21.5 Å². The van der Waals surface area contributed by atoms with Crippen LogP contribution in [0.2, 0.25) is 0 Å². The monoisotopic (exact) mass is 350 g/mol. The topological polar surface area (TPSA) is 38.7 Å². The highest BCUT2D eigenvalue weighted by atomic mass is 79.9. The first-order valence-corrected chi connectivity index (χ1v) is 7.41. The Hall–Kier alpha value is -1.52. The molecule has 0 spiro atoms. The summed E-state index contributed by atoms with van der Waals surface area (Å²) < 4.78 is 11.4. The molecule has 0 saturated carbocycles. The second-order valence-electron chi connectivity index (χ2n) is 5.10. The first-order valence-electron chi connectivity index (χ1n) is 6.62. The lowest BCUT2D eigenvalue weighted by Gasteiger charge is -2.27. The number of hydrogen-bond acceptors (Lipinski definition) is 3. The van der Waals surface area contributed by atoms with Gasteiger partial charge in [0.25, 0.3) is 0 Å². The molecule has 0 amide bonds. The van der Waals surface area contributed by atoms with Crippen molar-refractivity contribution in [2.45, 2.75) is 19.4 Å². The zero-order valence-corrected chi connectivity index (χ0v) is 14.2. The van der Waals surface area contributed by atoms with Gasteiger partial charge in [0.1, 0.15) is 21.6 Å². The van der Waals surface area contributed by atoms with Crippen LogP contribution in [0.3, 0.4) is 0 Å². The molecule has 0 bridgehead atoms. The molecule has 0 radical (unpaired) electrons. The van der Waals surface area contributed by atoms with E-state index in [0.717, 1.165) is 11.1 Å². The van der Waals surface area contributed by atoms with Crippen molar-refractivity contribution in [2.75, 3.05) is 14.2 Å². The van der Waals surface area contributed by atoms with E-state index >= 15 is 0 Å². The second kappa shape index (κ2) is 6.08. The molecule has 1 N–H and O–H groups in total. The minimum absolute atomic E-state index is 0.569. The van der Waals surface area contributed by atoms with Gasteiger partial charge < -0.3 is 14.6 Å². The van der Waals surface area contributed by atoms with E-state index in [1.165, 1.54) is 0 Å². The van der Waals surface area contributed by atoms with Crippen molar-refractivity contribution in [3.8, 4) is 11.5 Å². The summed E-state index contributed by atoms with van der Waals surface area (Å²) in [5, 5.41) is 11.0. The minimum Gasteiger partial charge on any atom is -0.495 e. The zero-order valence-electron chi connectivity index (χ0n) is 12.6. The molecule has 3 nitrogen and oxygen atoms in total. The SMILES string of the molecule is COc1ccc(C(C)(O)c2ccc(C)cc2)c(OC)c1Br. The molecule has 1 unspecified atom stereocenters. The molecule has 0 aliphatic heterocycles. The summed E-state index contributed by atoms with van der Waals surface area (Å²) in [4.78, 5) is 0. The number of aliphatic hydroxyl groups is 1. The van der Waals surface area contributed by atoms with Crippen molar-refractivity contribution in [3.63, 3.8) is 0 Å². The number of ether oxygens (including phenoxy) is 2. The lowest BCUT2D eigenvalue weighted by Crippen LogP contribution is -2.23. The fourth-order valence-electron chi connectivity index (χ4n) is 2.31. The molecule has 2 rings (SSSR count). The predicted molar refractivity (Wildman–Crippen MR) is 87.1 cm³/mol. The van der Waals surface area contributed by atoms with Crippen molar-refractivity contribution in [2.24, 2.45) is 0 Å². The lowest BCUT2D eigenvalue weighted by molar-refractivity contribution is 0.0987. The molecule has 0 saturated heterocycles. The fourth-order valence-corrected chi connectivity index (χ4v) is 2.98. The van der Waals surface area contributed by atoms with Crippen LogP contribution in [0.4, 0.5) is 0 Å². The predicted octanol–water partition coefficient (Wildman–Crippen LogP) is 4.03. The summed E-state index contributed by atoms with van der Waals surface area (Å²) >= 11 is 3.47. The molecule has 0 aliphatic carbocycles. The van der Waals surface area contributed by atoms with Crippen molar-refractivity contribution in [1.29, 1.82) is 0 Å². The van der Waals surface area contributed by atoms with E-state index in [-0.39, 0.29) is 0 Å². The second-order valence-corrected chi connectivity index (χ2v) is 5.89. The van der Waals surface area contributed by atoms with Gasteiger partial charge in [-0.2, -0.15) is 0 Å². The maximum Gasteiger partial charge on any atom is 0.143 e. The summed E-state index contributed by atoms with van der Waals surface area (Å²) in [6, 6.07) is 11.4. The highest BCUT2D eigenvalue weighted by molar-refractivity contribution is 9.10. The van der Waals surface area contributed by atoms with Crippen LogP contribution in [0.25, 0.3) is 0 Å². The van der Waals surface area contributed by atoms with E-state index < -0.39 is 5.60 Å². The maximum absolute atomic E-state index is 11.0. The van der Waals surface area contributed by atoms with Gasteiger partial charge in [-0.1, -0.05) is 29.8 Å². The smallest absolute Gasteiger partial charge is 0.143 e. The summed E-state index contributed by atoms with van der Waals surface area (Å²) in [5.74, 6) is 1.23. The van der Waals surface area contributed by atoms with Gasteiger partial charge in [0.05, 0.1) is 14.2 Å². The molecule has 0 heterocycles. The van der Waals surface area contributed by atoms with Gasteiger partial charge in [0.15, 0.2) is 0 Å². The molecular formula is C17H19BrO3. The fraction of sp³-hybridized carbons (Fsp3) is 0.294. The number of aryl methyl sites for hydroxylation is 1. The summed E-state index contributed by atoms with van der Waals surface area (Å²) in [6.45, 7) is 3.78. The number of halogens is 1. The summed E-state index contributed by atoms with van der Waals surface area (Å²) in [5.41, 5.74) is 1.48. The Morgan fingerprint density at radius 1 is 1.00 bits per heavy atom. The standard InChI is InChI=1S/C17H19BrO3/c1-11-5-7-12(8-6-11)17(2,19)13-9-10-14(20-3)15(18)16(13)21-4/h5-10,19H,1-4H3. The van der Waals surface area contributed by atoms with E-state index in [1.807, 2.05) is 43.3 Å². The van der Waals surface area contributed by atoms with E-state index in [1.54, 1.807) is 21.1 Å². The van der Waals surface area contributed by atoms with E-state index in [2.05, 4.69) is 15.9 Å². The molecular weight excluding hydrogens is 332 g/mol. The van der Waals surface area contributed by atoms with Crippen LogP contribution in [-0.2, 0) is 5.60 Å². The highest BCUT2D eigenvalue weighted by Crippen LogP contribution is 2.43. The molecule has 21 heavy (non-hydrogen) atoms. The van der Waals surface area contributed by atoms with Crippen LogP contribution in [0, 0.1) is 6.92 Å². The molecule has 2 aromatic carbocycles. The summed E-state index contributed by atoms with van der Waals surface area (Å²) in [6.07, 6.45) is 0. The van der Waals surface area contributed by atoms with Crippen molar-refractivity contribution in [3.05, 3.63) is 57.6 Å². The third-order valence-electron chi connectivity index (χ3n) is 3.62.